The van der Waals surface area contributed by atoms with Gasteiger partial charge in [0.15, 0.2) is 0 Å². The van der Waals surface area contributed by atoms with Crippen LogP contribution in [0.4, 0.5) is 0 Å². The van der Waals surface area contributed by atoms with Crippen LogP contribution in [0.25, 0.3) is 0 Å². The third-order valence-corrected chi connectivity index (χ3v) is 4.77. The van der Waals surface area contributed by atoms with Crippen LogP contribution in [-0.2, 0) is 0 Å². The van der Waals surface area contributed by atoms with Crippen molar-refractivity contribution >= 4 is 35.4 Å². The van der Waals surface area contributed by atoms with Crippen molar-refractivity contribution < 1.29 is 0 Å². The van der Waals surface area contributed by atoms with Crippen molar-refractivity contribution in [1.82, 2.24) is 0 Å². The Labute approximate surface area is 69.0 Å². The average molecular weight is 275 g/mol. The Morgan fingerprint density at radius 1 is 1.00 bits per heavy atom. The second kappa shape index (κ2) is 3.64. The first-order valence-electron chi connectivity index (χ1n) is 2.39. The second-order valence-electron chi connectivity index (χ2n) is 1.49. The monoisotopic (exact) mass is 274 g/mol. The first kappa shape index (κ1) is 7.63. The van der Waals surface area contributed by atoms with Crippen molar-refractivity contribution in [3.05, 3.63) is 33.9 Å². The van der Waals surface area contributed by atoms with E-state index in [0.717, 1.165) is 3.57 Å². The van der Waals surface area contributed by atoms with Gasteiger partial charge in [0.05, 0.1) is 0 Å². The number of hydrogen-bond donors (Lipinski definition) is 0. The number of rotatable bonds is 1. The zero-order valence-corrected chi connectivity index (χ0v) is 8.19. The van der Waals surface area contributed by atoms with Crippen LogP contribution in [0.1, 0.15) is 0 Å². The molecule has 9 heavy (non-hydrogen) atoms. The normalized spacial score (nSPS) is 11.1. The quantitative estimate of drug-likeness (QED) is 0.686. The van der Waals surface area contributed by atoms with Crippen molar-refractivity contribution in [2.45, 2.75) is 0 Å². The summed E-state index contributed by atoms with van der Waals surface area (Å²) in [5.74, 6) is 0. The molecule has 1 aromatic carbocycles. The summed E-state index contributed by atoms with van der Waals surface area (Å²) in [6.45, 7) is 0. The Balaban J connectivity index is 2.85. The topological polar surface area (TPSA) is 0 Å². The van der Waals surface area contributed by atoms with Crippen LogP contribution in [0.15, 0.2) is 30.3 Å². The maximum absolute atomic E-state index is 5.73. The molecule has 0 bridgehead atoms. The van der Waals surface area contributed by atoms with Crippen molar-refractivity contribution in [3.63, 3.8) is 0 Å². The Hall–Kier alpha value is 0.530. The van der Waals surface area contributed by atoms with E-state index in [0.29, 0.717) is 0 Å². The van der Waals surface area contributed by atoms with Gasteiger partial charge in [0, 0.05) is 0 Å². The van der Waals surface area contributed by atoms with Crippen LogP contribution < -0.4 is 0 Å². The Bertz CT molecular complexity index is 174. The maximum atomic E-state index is 5.73. The molecule has 1 aromatic rings. The van der Waals surface area contributed by atoms with Crippen molar-refractivity contribution in [2.24, 2.45) is 0 Å². The van der Waals surface area contributed by atoms with E-state index >= 15 is 0 Å². The summed E-state index contributed by atoms with van der Waals surface area (Å²) in [6, 6.07) is 9.78. The van der Waals surface area contributed by atoms with Gasteiger partial charge in [-0.1, -0.05) is 0 Å². The van der Waals surface area contributed by atoms with Gasteiger partial charge in [0.1, 0.15) is 0 Å². The molecule has 0 heterocycles. The second-order valence-corrected chi connectivity index (χ2v) is 8.68. The Morgan fingerprint density at radius 2 is 1.56 bits per heavy atom. The van der Waals surface area contributed by atoms with Crippen molar-refractivity contribution in [2.75, 3.05) is 0 Å². The van der Waals surface area contributed by atoms with E-state index < -0.39 is 17.6 Å². The standard InChI is InChI=1S/C6H5Cl2I/c7-9(8)6-4-2-1-3-5-6/h1-5H. The average Bonchev–Trinajstić information content (AvgIpc) is 1.90. The van der Waals surface area contributed by atoms with Gasteiger partial charge < -0.3 is 0 Å². The molecule has 1 rings (SSSR count). The third kappa shape index (κ3) is 2.32. The summed E-state index contributed by atoms with van der Waals surface area (Å²) >= 11 is -1.74. The van der Waals surface area contributed by atoms with Gasteiger partial charge in [-0.05, 0) is 0 Å². The molecule has 0 N–H and O–H groups in total. The summed E-state index contributed by atoms with van der Waals surface area (Å²) in [6.07, 6.45) is 0. The van der Waals surface area contributed by atoms with E-state index in [2.05, 4.69) is 0 Å². The predicted molar refractivity (Wildman–Crippen MR) is 50.9 cm³/mol. The third-order valence-electron chi connectivity index (χ3n) is 0.898. The molecule has 0 nitrogen and oxygen atoms in total. The van der Waals surface area contributed by atoms with Gasteiger partial charge in [-0.15, -0.1) is 0 Å². The van der Waals surface area contributed by atoms with Crippen LogP contribution in [-0.4, -0.2) is 0 Å². The fraction of sp³-hybridized carbons (Fsp3) is 0. The number of hydrogen-bond acceptors (Lipinski definition) is 0. The van der Waals surface area contributed by atoms with Crippen LogP contribution >= 0.6 is 35.4 Å². The zero-order valence-electron chi connectivity index (χ0n) is 4.52. The molecule has 3 heteroatoms. The van der Waals surface area contributed by atoms with E-state index in [-0.39, 0.29) is 0 Å². The van der Waals surface area contributed by atoms with Crippen molar-refractivity contribution in [3.8, 4) is 0 Å². The van der Waals surface area contributed by atoms with Crippen LogP contribution in [0, 0.1) is 3.57 Å². The van der Waals surface area contributed by atoms with Crippen LogP contribution in [0.3, 0.4) is 0 Å². The molecule has 0 aliphatic heterocycles. The molecular formula is C6H5Cl2I. The van der Waals surface area contributed by atoms with E-state index in [1.54, 1.807) is 0 Å². The molecule has 0 aliphatic rings. The molecular weight excluding hydrogens is 270 g/mol. The summed E-state index contributed by atoms with van der Waals surface area (Å²) < 4.78 is 1.10. The molecule has 0 atom stereocenters. The zero-order chi connectivity index (χ0) is 6.69. The van der Waals surface area contributed by atoms with Gasteiger partial charge in [0.25, 0.3) is 0 Å². The molecule has 0 fully saturated rings. The van der Waals surface area contributed by atoms with Gasteiger partial charge in [-0.25, -0.2) is 0 Å². The van der Waals surface area contributed by atoms with Gasteiger partial charge in [-0.3, -0.25) is 0 Å². The minimum absolute atomic E-state index is 1.10. The summed E-state index contributed by atoms with van der Waals surface area (Å²) in [7, 11) is 11.5. The molecule has 50 valence electrons. The summed E-state index contributed by atoms with van der Waals surface area (Å²) in [4.78, 5) is 0. The van der Waals surface area contributed by atoms with Gasteiger partial charge in [0.2, 0.25) is 0 Å². The first-order chi connectivity index (χ1) is 4.30. The van der Waals surface area contributed by atoms with E-state index in [9.17, 15) is 0 Å². The van der Waals surface area contributed by atoms with Gasteiger partial charge in [-0.2, -0.15) is 0 Å². The molecule has 0 amide bonds. The predicted octanol–water partition coefficient (Wildman–Crippen LogP) is 3.67. The number of benzene rings is 1. The molecule has 0 radical (unpaired) electrons. The van der Waals surface area contributed by atoms with E-state index in [1.807, 2.05) is 30.3 Å². The number of halogens is 3. The first-order valence-corrected chi connectivity index (χ1v) is 8.93. The fourth-order valence-electron chi connectivity index (χ4n) is 0.510. The molecule has 0 saturated carbocycles. The van der Waals surface area contributed by atoms with E-state index in [4.69, 9.17) is 17.8 Å². The van der Waals surface area contributed by atoms with E-state index in [1.165, 1.54) is 0 Å². The minimum atomic E-state index is -1.74. The Morgan fingerprint density at radius 3 is 1.89 bits per heavy atom. The molecule has 0 spiro atoms. The molecule has 0 aromatic heterocycles. The van der Waals surface area contributed by atoms with Crippen molar-refractivity contribution in [1.29, 1.82) is 0 Å². The fourth-order valence-corrected chi connectivity index (χ4v) is 2.75. The van der Waals surface area contributed by atoms with Crippen LogP contribution in [0.5, 0.6) is 0 Å². The summed E-state index contributed by atoms with van der Waals surface area (Å²) in [5, 5.41) is 0. The molecule has 0 aliphatic carbocycles. The summed E-state index contributed by atoms with van der Waals surface area (Å²) in [5.41, 5.74) is 0. The van der Waals surface area contributed by atoms with Crippen LogP contribution in [0.2, 0.25) is 0 Å². The molecule has 0 saturated heterocycles. The van der Waals surface area contributed by atoms with Gasteiger partial charge >= 0.3 is 69.3 Å². The molecule has 0 unspecified atom stereocenters. The Kier molecular flexibility index (Phi) is 3.09. The SMILES string of the molecule is ClI(Cl)c1ccccc1.